The van der Waals surface area contributed by atoms with Crippen molar-refractivity contribution in [3.63, 3.8) is 0 Å². The van der Waals surface area contributed by atoms with Crippen LogP contribution >= 0.6 is 11.8 Å². The van der Waals surface area contributed by atoms with Gasteiger partial charge in [-0.15, -0.1) is 11.8 Å². The highest BCUT2D eigenvalue weighted by molar-refractivity contribution is 7.98. The van der Waals surface area contributed by atoms with E-state index in [0.717, 1.165) is 17.7 Å². The molecule has 6 nitrogen and oxygen atoms in total. The molecule has 0 unspecified atom stereocenters. The molecule has 1 fully saturated rings. The number of hydrazine groups is 1. The topological polar surface area (TPSA) is 87.3 Å². The van der Waals surface area contributed by atoms with Crippen molar-refractivity contribution in [2.45, 2.75) is 23.8 Å². The van der Waals surface area contributed by atoms with E-state index < -0.39 is 17.7 Å². The molecule has 0 heterocycles. The predicted octanol–water partition coefficient (Wildman–Crippen LogP) is 0.448. The van der Waals surface area contributed by atoms with Crippen molar-refractivity contribution >= 4 is 29.5 Å². The zero-order chi connectivity index (χ0) is 14.5. The van der Waals surface area contributed by atoms with Crippen molar-refractivity contribution in [1.82, 2.24) is 16.2 Å². The van der Waals surface area contributed by atoms with Gasteiger partial charge in [0, 0.05) is 16.5 Å². The summed E-state index contributed by atoms with van der Waals surface area (Å²) < 4.78 is 0. The normalized spacial score (nSPS) is 13.4. The molecule has 0 aliphatic heterocycles. The van der Waals surface area contributed by atoms with Crippen molar-refractivity contribution < 1.29 is 14.4 Å². The van der Waals surface area contributed by atoms with Crippen LogP contribution in [-0.2, 0) is 9.59 Å². The molecule has 0 aromatic heterocycles. The number of thioether (sulfide) groups is 1. The third-order valence-corrected chi connectivity index (χ3v) is 3.50. The van der Waals surface area contributed by atoms with Gasteiger partial charge < -0.3 is 5.32 Å². The van der Waals surface area contributed by atoms with Crippen LogP contribution in [0.5, 0.6) is 0 Å². The van der Waals surface area contributed by atoms with Crippen LogP contribution in [0.25, 0.3) is 0 Å². The first-order valence-corrected chi connectivity index (χ1v) is 7.38. The van der Waals surface area contributed by atoms with Gasteiger partial charge in [-0.3, -0.25) is 25.2 Å². The number of amides is 3. The number of benzene rings is 1. The highest BCUT2D eigenvalue weighted by Crippen LogP contribution is 2.18. The fourth-order valence-electron chi connectivity index (χ4n) is 1.46. The molecule has 0 bridgehead atoms. The molecule has 0 atom stereocenters. The van der Waals surface area contributed by atoms with Crippen molar-refractivity contribution in [2.24, 2.45) is 0 Å². The summed E-state index contributed by atoms with van der Waals surface area (Å²) in [6.45, 7) is 0. The van der Waals surface area contributed by atoms with Gasteiger partial charge in [0.15, 0.2) is 0 Å². The molecule has 1 saturated carbocycles. The van der Waals surface area contributed by atoms with Crippen molar-refractivity contribution in [3.05, 3.63) is 29.8 Å². The van der Waals surface area contributed by atoms with E-state index in [-0.39, 0.29) is 6.04 Å². The summed E-state index contributed by atoms with van der Waals surface area (Å²) in [5.74, 6) is -2.07. The van der Waals surface area contributed by atoms with E-state index in [0.29, 0.717) is 5.56 Å². The van der Waals surface area contributed by atoms with E-state index in [1.165, 1.54) is 0 Å². The van der Waals surface area contributed by atoms with E-state index in [9.17, 15) is 14.4 Å². The Balaban J connectivity index is 1.81. The molecule has 20 heavy (non-hydrogen) atoms. The Morgan fingerprint density at radius 1 is 1.05 bits per heavy atom. The summed E-state index contributed by atoms with van der Waals surface area (Å²) in [5, 5.41) is 2.53. The largest absolute Gasteiger partial charge is 0.345 e. The first-order chi connectivity index (χ1) is 9.60. The Hall–Kier alpha value is -2.02. The number of carbonyl (C=O) groups is 3. The van der Waals surface area contributed by atoms with Gasteiger partial charge in [-0.1, -0.05) is 0 Å². The molecule has 0 radical (unpaired) electrons. The molecule has 0 spiro atoms. The van der Waals surface area contributed by atoms with Crippen LogP contribution in [0.1, 0.15) is 23.2 Å². The fourth-order valence-corrected chi connectivity index (χ4v) is 1.87. The second-order valence-corrected chi connectivity index (χ2v) is 5.26. The molecule has 3 N–H and O–H groups in total. The number of hydrogen-bond donors (Lipinski definition) is 3. The molecular weight excluding hydrogens is 278 g/mol. The molecule has 3 amide bonds. The monoisotopic (exact) mass is 293 g/mol. The summed E-state index contributed by atoms with van der Waals surface area (Å²) in [4.78, 5) is 35.5. The third kappa shape index (κ3) is 3.99. The lowest BCUT2D eigenvalue weighted by Crippen LogP contribution is -2.48. The maximum atomic E-state index is 11.7. The Morgan fingerprint density at radius 2 is 1.70 bits per heavy atom. The minimum atomic E-state index is -0.869. The summed E-state index contributed by atoms with van der Waals surface area (Å²) in [6, 6.07) is 7.01. The SMILES string of the molecule is CSc1ccc(C(=O)NNC(=O)C(=O)NC2CC2)cc1. The number of hydrogen-bond acceptors (Lipinski definition) is 4. The standard InChI is InChI=1S/C13H15N3O3S/c1-20-10-6-2-8(3-7-10)11(17)15-16-13(19)12(18)14-9-4-5-9/h2-3,6-7,9H,4-5H2,1H3,(H,14,18)(H,15,17)(H,16,19). The Morgan fingerprint density at radius 3 is 2.25 bits per heavy atom. The Bertz CT molecular complexity index is 526. The van der Waals surface area contributed by atoms with Crippen LogP contribution in [0, 0.1) is 0 Å². The molecular formula is C13H15N3O3S. The summed E-state index contributed by atoms with van der Waals surface area (Å²) >= 11 is 1.57. The molecule has 0 saturated heterocycles. The number of carbonyl (C=O) groups excluding carboxylic acids is 3. The third-order valence-electron chi connectivity index (χ3n) is 2.76. The molecule has 106 valence electrons. The molecule has 1 aromatic carbocycles. The minimum absolute atomic E-state index is 0.100. The molecule has 7 heteroatoms. The summed E-state index contributed by atoms with van der Waals surface area (Å²) in [7, 11) is 0. The van der Waals surface area contributed by atoms with E-state index in [4.69, 9.17) is 0 Å². The quantitative estimate of drug-likeness (QED) is 0.429. The fraction of sp³-hybridized carbons (Fsp3) is 0.308. The van der Waals surface area contributed by atoms with Crippen LogP contribution in [0.15, 0.2) is 29.2 Å². The second-order valence-electron chi connectivity index (χ2n) is 4.38. The van der Waals surface area contributed by atoms with Crippen molar-refractivity contribution in [2.75, 3.05) is 6.26 Å². The minimum Gasteiger partial charge on any atom is -0.345 e. The maximum absolute atomic E-state index is 11.7. The average molecular weight is 293 g/mol. The average Bonchev–Trinajstić information content (AvgIpc) is 3.28. The van der Waals surface area contributed by atoms with Gasteiger partial charge in [-0.05, 0) is 43.4 Å². The van der Waals surface area contributed by atoms with Gasteiger partial charge in [-0.25, -0.2) is 0 Å². The zero-order valence-electron chi connectivity index (χ0n) is 10.9. The first-order valence-electron chi connectivity index (χ1n) is 6.15. The van der Waals surface area contributed by atoms with Crippen molar-refractivity contribution in [1.29, 1.82) is 0 Å². The van der Waals surface area contributed by atoms with Crippen LogP contribution in [0.3, 0.4) is 0 Å². The van der Waals surface area contributed by atoms with E-state index in [1.54, 1.807) is 36.0 Å². The van der Waals surface area contributed by atoms with Crippen LogP contribution in [-0.4, -0.2) is 30.0 Å². The maximum Gasteiger partial charge on any atom is 0.327 e. The molecule has 1 aliphatic rings. The predicted molar refractivity (Wildman–Crippen MR) is 75.0 cm³/mol. The molecule has 2 rings (SSSR count). The van der Waals surface area contributed by atoms with Crippen molar-refractivity contribution in [3.8, 4) is 0 Å². The van der Waals surface area contributed by atoms with Crippen LogP contribution in [0.4, 0.5) is 0 Å². The summed E-state index contributed by atoms with van der Waals surface area (Å²) in [6.07, 6.45) is 3.73. The highest BCUT2D eigenvalue weighted by atomic mass is 32.2. The van der Waals surface area contributed by atoms with Gasteiger partial charge >= 0.3 is 11.8 Å². The number of rotatable bonds is 3. The van der Waals surface area contributed by atoms with Gasteiger partial charge in [-0.2, -0.15) is 0 Å². The zero-order valence-corrected chi connectivity index (χ0v) is 11.8. The van der Waals surface area contributed by atoms with E-state index >= 15 is 0 Å². The molecule has 1 aliphatic carbocycles. The second kappa shape index (κ2) is 6.42. The van der Waals surface area contributed by atoms with Crippen LogP contribution in [0.2, 0.25) is 0 Å². The van der Waals surface area contributed by atoms with Gasteiger partial charge in [0.1, 0.15) is 0 Å². The Labute approximate surface area is 120 Å². The highest BCUT2D eigenvalue weighted by Gasteiger charge is 2.26. The van der Waals surface area contributed by atoms with Gasteiger partial charge in [0.25, 0.3) is 5.91 Å². The first kappa shape index (κ1) is 14.4. The number of nitrogens with one attached hydrogen (secondary N) is 3. The lowest BCUT2D eigenvalue weighted by atomic mass is 10.2. The lowest BCUT2D eigenvalue weighted by molar-refractivity contribution is -0.139. The van der Waals surface area contributed by atoms with Gasteiger partial charge in [0.2, 0.25) is 0 Å². The summed E-state index contributed by atoms with van der Waals surface area (Å²) in [5.41, 5.74) is 4.70. The Kier molecular flexibility index (Phi) is 4.62. The lowest BCUT2D eigenvalue weighted by Gasteiger charge is -2.07. The van der Waals surface area contributed by atoms with E-state index in [1.807, 2.05) is 6.26 Å². The molecule has 1 aromatic rings. The van der Waals surface area contributed by atoms with Gasteiger partial charge in [0.05, 0.1) is 0 Å². The smallest absolute Gasteiger partial charge is 0.327 e. The van der Waals surface area contributed by atoms with E-state index in [2.05, 4.69) is 16.2 Å². The van der Waals surface area contributed by atoms with Crippen LogP contribution < -0.4 is 16.2 Å².